The summed E-state index contributed by atoms with van der Waals surface area (Å²) in [5.74, 6) is -2.67. The normalized spacial score (nSPS) is 22.7. The molecule has 1 aromatic carbocycles. The van der Waals surface area contributed by atoms with E-state index in [9.17, 15) is 17.6 Å². The Labute approximate surface area is 171 Å². The van der Waals surface area contributed by atoms with Gasteiger partial charge in [0.25, 0.3) is 5.91 Å². The molecule has 3 N–H and O–H groups in total. The Hall–Kier alpha value is -3.21. The molecule has 1 fully saturated rings. The molecule has 0 spiro atoms. The molecule has 1 aliphatic heterocycles. The lowest BCUT2D eigenvalue weighted by atomic mass is 9.93. The Morgan fingerprint density at radius 2 is 2.21 bits per heavy atom. The number of amides is 1. The molecule has 0 aliphatic carbocycles. The highest BCUT2D eigenvalue weighted by Crippen LogP contribution is 2.31. The molecule has 0 radical (unpaired) electrons. The van der Waals surface area contributed by atoms with Crippen molar-refractivity contribution in [1.82, 2.24) is 14.6 Å². The molecule has 11 heteroatoms. The average Bonchev–Trinajstić information content (AvgIpc) is 2.66. The maximum atomic E-state index is 14.7. The van der Waals surface area contributed by atoms with E-state index < -0.39 is 46.0 Å². The molecule has 29 heavy (non-hydrogen) atoms. The number of ether oxygens (including phenoxy) is 1. The molecule has 2 aromatic rings. The number of rotatable bonds is 4. The van der Waals surface area contributed by atoms with Crippen LogP contribution in [0.2, 0.25) is 0 Å². The van der Waals surface area contributed by atoms with E-state index in [0.717, 1.165) is 6.07 Å². The topological polar surface area (TPSA) is 124 Å². The fourth-order valence-electron chi connectivity index (χ4n) is 2.92. The van der Waals surface area contributed by atoms with E-state index in [1.165, 1.54) is 44.5 Å². The predicted molar refractivity (Wildman–Crippen MR) is 105 cm³/mol. The second-order valence-electron chi connectivity index (χ2n) is 6.56. The predicted octanol–water partition coefficient (Wildman–Crippen LogP) is 1.50. The monoisotopic (exact) mass is 424 g/mol. The van der Waals surface area contributed by atoms with Crippen LogP contribution in [0, 0.1) is 11.2 Å². The van der Waals surface area contributed by atoms with E-state index in [1.54, 1.807) is 0 Å². The van der Waals surface area contributed by atoms with Gasteiger partial charge < -0.3 is 15.4 Å². The van der Waals surface area contributed by atoms with Crippen LogP contribution in [-0.2, 0) is 15.6 Å². The van der Waals surface area contributed by atoms with Crippen LogP contribution < -0.4 is 15.4 Å². The molecule has 1 atom stereocenters. The summed E-state index contributed by atoms with van der Waals surface area (Å²) in [5, 5.41) is 12.9. The SMILES string of the molecule is [2H]C([2H])([2H])N1C(=N)N[C@](C)(c2cc(NC(=O)c3ccc(OC)cn3)ccc2F)CS1(=O)=O. The van der Waals surface area contributed by atoms with Crippen molar-refractivity contribution in [3.8, 4) is 5.75 Å². The summed E-state index contributed by atoms with van der Waals surface area (Å²) in [6.07, 6.45) is 1.35. The number of halogens is 1. The van der Waals surface area contributed by atoms with Gasteiger partial charge in [0.1, 0.15) is 17.3 Å². The van der Waals surface area contributed by atoms with Crippen molar-refractivity contribution in [1.29, 1.82) is 5.41 Å². The van der Waals surface area contributed by atoms with Gasteiger partial charge in [0.2, 0.25) is 16.0 Å². The van der Waals surface area contributed by atoms with Crippen molar-refractivity contribution in [3.63, 3.8) is 0 Å². The molecule has 0 unspecified atom stereocenters. The third-order valence-corrected chi connectivity index (χ3v) is 6.05. The smallest absolute Gasteiger partial charge is 0.274 e. The summed E-state index contributed by atoms with van der Waals surface area (Å²) >= 11 is 0. The Morgan fingerprint density at radius 1 is 1.45 bits per heavy atom. The minimum Gasteiger partial charge on any atom is -0.495 e. The van der Waals surface area contributed by atoms with Gasteiger partial charge in [0.15, 0.2) is 0 Å². The fourth-order valence-corrected chi connectivity index (χ4v) is 4.33. The summed E-state index contributed by atoms with van der Waals surface area (Å²) in [6.45, 7) is -1.78. The minimum absolute atomic E-state index is 0.0133. The molecule has 1 saturated heterocycles. The van der Waals surface area contributed by atoms with E-state index in [4.69, 9.17) is 14.3 Å². The zero-order valence-electron chi connectivity index (χ0n) is 18.5. The molecule has 0 bridgehead atoms. The molecular weight excluding hydrogens is 401 g/mol. The molecule has 0 saturated carbocycles. The van der Waals surface area contributed by atoms with Crippen LogP contribution in [-0.4, -0.2) is 49.4 Å². The number of methoxy groups -OCH3 is 1. The Kier molecular flexibility index (Phi) is 4.22. The second kappa shape index (κ2) is 7.32. The number of hydrogen-bond donors (Lipinski definition) is 3. The molecular formula is C18H20FN5O4S. The highest BCUT2D eigenvalue weighted by molar-refractivity contribution is 7.89. The molecule has 3 rings (SSSR count). The number of nitrogens with zero attached hydrogens (tertiary/aromatic N) is 2. The summed E-state index contributed by atoms with van der Waals surface area (Å²) in [4.78, 5) is 16.4. The minimum atomic E-state index is -4.48. The summed E-state index contributed by atoms with van der Waals surface area (Å²) in [6, 6.07) is 6.50. The zero-order valence-corrected chi connectivity index (χ0v) is 16.3. The first-order valence-electron chi connectivity index (χ1n) is 9.78. The maximum absolute atomic E-state index is 14.7. The van der Waals surface area contributed by atoms with Crippen molar-refractivity contribution in [2.75, 3.05) is 25.2 Å². The summed E-state index contributed by atoms with van der Waals surface area (Å²) < 4.78 is 67.0. The zero-order chi connectivity index (χ0) is 23.9. The van der Waals surface area contributed by atoms with Crippen molar-refractivity contribution in [3.05, 3.63) is 53.6 Å². The number of anilines is 1. The van der Waals surface area contributed by atoms with Gasteiger partial charge in [-0.15, -0.1) is 0 Å². The molecule has 1 aliphatic rings. The second-order valence-corrected chi connectivity index (χ2v) is 8.38. The van der Waals surface area contributed by atoms with Crippen LogP contribution in [0.25, 0.3) is 0 Å². The number of sulfonamides is 1. The van der Waals surface area contributed by atoms with Crippen molar-refractivity contribution in [2.24, 2.45) is 0 Å². The molecule has 1 aromatic heterocycles. The number of carbonyl (C=O) groups is 1. The van der Waals surface area contributed by atoms with Crippen molar-refractivity contribution in [2.45, 2.75) is 12.5 Å². The average molecular weight is 424 g/mol. The van der Waals surface area contributed by atoms with Crippen LogP contribution in [0.1, 0.15) is 27.1 Å². The van der Waals surface area contributed by atoms with Gasteiger partial charge in [-0.25, -0.2) is 22.1 Å². The van der Waals surface area contributed by atoms with E-state index >= 15 is 0 Å². The van der Waals surface area contributed by atoms with Crippen LogP contribution in [0.5, 0.6) is 5.75 Å². The number of aromatic nitrogens is 1. The van der Waals surface area contributed by atoms with Gasteiger partial charge in [-0.2, -0.15) is 0 Å². The van der Waals surface area contributed by atoms with Crippen LogP contribution in [0.3, 0.4) is 0 Å². The lowest BCUT2D eigenvalue weighted by molar-refractivity contribution is 0.102. The fraction of sp³-hybridized carbons (Fsp3) is 0.278. The summed E-state index contributed by atoms with van der Waals surface area (Å²) in [7, 11) is -3.03. The first-order chi connectivity index (χ1) is 14.8. The molecule has 2 heterocycles. The first-order valence-corrected chi connectivity index (χ1v) is 9.89. The Morgan fingerprint density at radius 3 is 2.79 bits per heavy atom. The number of hydrogen-bond acceptors (Lipinski definition) is 6. The number of benzene rings is 1. The van der Waals surface area contributed by atoms with Crippen molar-refractivity contribution >= 4 is 27.6 Å². The number of carbonyl (C=O) groups excluding carboxylic acids is 1. The largest absolute Gasteiger partial charge is 0.495 e. The van der Waals surface area contributed by atoms with E-state index in [-0.39, 0.29) is 21.2 Å². The maximum Gasteiger partial charge on any atom is 0.274 e. The van der Waals surface area contributed by atoms with Gasteiger partial charge in [0.05, 0.1) is 24.6 Å². The Balaban J connectivity index is 1.91. The van der Waals surface area contributed by atoms with Gasteiger partial charge in [0, 0.05) is 22.3 Å². The van der Waals surface area contributed by atoms with Crippen LogP contribution in [0.15, 0.2) is 36.5 Å². The summed E-state index contributed by atoms with van der Waals surface area (Å²) in [5.41, 5.74) is -1.62. The number of pyridine rings is 1. The van der Waals surface area contributed by atoms with Crippen molar-refractivity contribution < 1.29 is 26.5 Å². The third-order valence-electron chi connectivity index (χ3n) is 4.37. The molecule has 154 valence electrons. The van der Waals surface area contributed by atoms with Gasteiger partial charge in [-0.05, 0) is 37.3 Å². The van der Waals surface area contributed by atoms with E-state index in [0.29, 0.717) is 5.75 Å². The number of guanidine groups is 1. The lowest BCUT2D eigenvalue weighted by Crippen LogP contribution is -2.61. The quantitative estimate of drug-likeness (QED) is 0.683. The van der Waals surface area contributed by atoms with Gasteiger partial charge in [-0.1, -0.05) is 0 Å². The van der Waals surface area contributed by atoms with E-state index in [1.807, 2.05) is 0 Å². The third kappa shape index (κ3) is 3.99. The Bertz CT molecular complexity index is 1170. The van der Waals surface area contributed by atoms with E-state index in [2.05, 4.69) is 15.6 Å². The lowest BCUT2D eigenvalue weighted by Gasteiger charge is -2.40. The van der Waals surface area contributed by atoms with Gasteiger partial charge >= 0.3 is 0 Å². The molecule has 9 nitrogen and oxygen atoms in total. The number of nitrogens with one attached hydrogen (secondary N) is 3. The van der Waals surface area contributed by atoms with Crippen LogP contribution in [0.4, 0.5) is 10.1 Å². The highest BCUT2D eigenvalue weighted by Gasteiger charge is 2.43. The first kappa shape index (κ1) is 16.7. The van der Waals surface area contributed by atoms with Crippen LogP contribution >= 0.6 is 0 Å². The standard InChI is InChI=1S/C18H20FN5O4S/c1-18(10-29(26,27)24(2)17(20)23-18)13-8-11(4-6-14(13)19)22-16(25)15-7-5-12(28-3)9-21-15/h4-9H,10H2,1-3H3,(H2,20,23)(H,22,25)/t18-/m0/s1/i2D3. The molecule has 1 amide bonds. The van der Waals surface area contributed by atoms with Gasteiger partial charge in [-0.3, -0.25) is 10.2 Å². The highest BCUT2D eigenvalue weighted by atomic mass is 32.2.